The summed E-state index contributed by atoms with van der Waals surface area (Å²) in [6.07, 6.45) is 6.74. The molecule has 3 rings (SSSR count). The third-order valence-corrected chi connectivity index (χ3v) is 4.44. The molecule has 128 valence electrons. The van der Waals surface area contributed by atoms with Crippen LogP contribution in [0.15, 0.2) is 30.6 Å². The monoisotopic (exact) mass is 329 g/mol. The van der Waals surface area contributed by atoms with Crippen molar-refractivity contribution in [3.05, 3.63) is 36.3 Å². The van der Waals surface area contributed by atoms with Crippen LogP contribution in [0.25, 0.3) is 11.3 Å². The standard InChI is InChI=1S/C17H23N5O2/c23-12-14-3-1-2-9-22(14)10-8-19-17(24)16-11-15(20-21-16)13-4-6-18-7-5-13/h4-7,11,14,23H,1-3,8-10,12H2,(H,19,24)(H,20,21). The second kappa shape index (κ2) is 8.03. The van der Waals surface area contributed by atoms with Gasteiger partial charge in [0.05, 0.1) is 12.3 Å². The molecule has 7 nitrogen and oxygen atoms in total. The minimum absolute atomic E-state index is 0.166. The molecule has 2 aromatic heterocycles. The van der Waals surface area contributed by atoms with Gasteiger partial charge in [-0.15, -0.1) is 0 Å². The van der Waals surface area contributed by atoms with Crippen molar-refractivity contribution in [2.75, 3.05) is 26.2 Å². The van der Waals surface area contributed by atoms with Gasteiger partial charge in [0.15, 0.2) is 0 Å². The summed E-state index contributed by atoms with van der Waals surface area (Å²) >= 11 is 0. The van der Waals surface area contributed by atoms with Crippen LogP contribution in [0.3, 0.4) is 0 Å². The van der Waals surface area contributed by atoms with Gasteiger partial charge in [0.2, 0.25) is 0 Å². The molecule has 0 bridgehead atoms. The van der Waals surface area contributed by atoms with Crippen molar-refractivity contribution in [3.8, 4) is 11.3 Å². The number of hydrogen-bond acceptors (Lipinski definition) is 5. The van der Waals surface area contributed by atoms with Crippen LogP contribution < -0.4 is 5.32 Å². The number of pyridine rings is 1. The van der Waals surface area contributed by atoms with Crippen molar-refractivity contribution in [2.45, 2.75) is 25.3 Å². The summed E-state index contributed by atoms with van der Waals surface area (Å²) in [5.74, 6) is -0.166. The Morgan fingerprint density at radius 1 is 1.38 bits per heavy atom. The molecule has 0 aromatic carbocycles. The molecule has 0 radical (unpaired) electrons. The maximum atomic E-state index is 12.2. The first-order valence-corrected chi connectivity index (χ1v) is 8.37. The number of rotatable bonds is 6. The topological polar surface area (TPSA) is 94.1 Å². The Hall–Kier alpha value is -2.25. The third-order valence-electron chi connectivity index (χ3n) is 4.44. The Bertz CT molecular complexity index is 658. The van der Waals surface area contributed by atoms with Crippen molar-refractivity contribution in [1.29, 1.82) is 0 Å². The molecule has 1 atom stereocenters. The average Bonchev–Trinajstić information content (AvgIpc) is 3.13. The van der Waals surface area contributed by atoms with Crippen LogP contribution in [0.5, 0.6) is 0 Å². The van der Waals surface area contributed by atoms with Gasteiger partial charge in [0.25, 0.3) is 5.91 Å². The van der Waals surface area contributed by atoms with Gasteiger partial charge in [-0.2, -0.15) is 5.10 Å². The molecule has 0 spiro atoms. The fourth-order valence-electron chi connectivity index (χ4n) is 3.08. The van der Waals surface area contributed by atoms with E-state index in [1.165, 1.54) is 6.42 Å². The van der Waals surface area contributed by atoms with E-state index in [0.29, 0.717) is 12.2 Å². The van der Waals surface area contributed by atoms with Gasteiger partial charge in [-0.05, 0) is 37.6 Å². The summed E-state index contributed by atoms with van der Waals surface area (Å²) in [5, 5.41) is 19.3. The van der Waals surface area contributed by atoms with Gasteiger partial charge in [-0.3, -0.25) is 19.8 Å². The molecule has 1 amide bonds. The number of carbonyl (C=O) groups is 1. The number of likely N-dealkylation sites (tertiary alicyclic amines) is 1. The van der Waals surface area contributed by atoms with E-state index in [-0.39, 0.29) is 18.6 Å². The minimum Gasteiger partial charge on any atom is -0.395 e. The third kappa shape index (κ3) is 3.98. The van der Waals surface area contributed by atoms with Gasteiger partial charge < -0.3 is 10.4 Å². The zero-order chi connectivity index (χ0) is 16.8. The number of hydrogen-bond donors (Lipinski definition) is 3. The molecular weight excluding hydrogens is 306 g/mol. The van der Waals surface area contributed by atoms with Gasteiger partial charge in [0.1, 0.15) is 5.69 Å². The summed E-state index contributed by atoms with van der Waals surface area (Å²) in [4.78, 5) is 18.4. The van der Waals surface area contributed by atoms with E-state index in [2.05, 4.69) is 25.4 Å². The second-order valence-electron chi connectivity index (χ2n) is 6.03. The quantitative estimate of drug-likeness (QED) is 0.736. The second-order valence-corrected chi connectivity index (χ2v) is 6.03. The van der Waals surface area contributed by atoms with Crippen molar-refractivity contribution < 1.29 is 9.90 Å². The Balaban J connectivity index is 1.51. The number of H-pyrrole nitrogens is 1. The Morgan fingerprint density at radius 2 is 2.21 bits per heavy atom. The minimum atomic E-state index is -0.166. The van der Waals surface area contributed by atoms with Crippen LogP contribution >= 0.6 is 0 Å². The molecule has 3 heterocycles. The van der Waals surface area contributed by atoms with E-state index in [4.69, 9.17) is 0 Å². The average molecular weight is 329 g/mol. The molecule has 1 fully saturated rings. The summed E-state index contributed by atoms with van der Waals surface area (Å²) in [7, 11) is 0. The number of carbonyl (C=O) groups excluding carboxylic acids is 1. The fraction of sp³-hybridized carbons (Fsp3) is 0.471. The Kier molecular flexibility index (Phi) is 5.55. The lowest BCUT2D eigenvalue weighted by atomic mass is 10.0. The van der Waals surface area contributed by atoms with Crippen LogP contribution in [0.2, 0.25) is 0 Å². The summed E-state index contributed by atoms with van der Waals surface area (Å²) in [6, 6.07) is 5.66. The van der Waals surface area contributed by atoms with Crippen LogP contribution in [-0.4, -0.2) is 63.4 Å². The molecule has 1 saturated heterocycles. The zero-order valence-corrected chi connectivity index (χ0v) is 13.6. The fourth-order valence-corrected chi connectivity index (χ4v) is 3.08. The van der Waals surface area contributed by atoms with E-state index in [1.807, 2.05) is 12.1 Å². The molecule has 0 aliphatic carbocycles. The first kappa shape index (κ1) is 16.6. The number of aliphatic hydroxyl groups excluding tert-OH is 1. The van der Waals surface area contributed by atoms with Crippen LogP contribution in [0.1, 0.15) is 29.8 Å². The van der Waals surface area contributed by atoms with Gasteiger partial charge in [-0.25, -0.2) is 0 Å². The molecule has 7 heteroatoms. The lowest BCUT2D eigenvalue weighted by molar-refractivity contribution is 0.0847. The van der Waals surface area contributed by atoms with E-state index < -0.39 is 0 Å². The number of nitrogens with zero attached hydrogens (tertiary/aromatic N) is 3. The lowest BCUT2D eigenvalue weighted by Crippen LogP contribution is -2.45. The predicted octanol–water partition coefficient (Wildman–Crippen LogP) is 1.05. The highest BCUT2D eigenvalue weighted by Gasteiger charge is 2.21. The van der Waals surface area contributed by atoms with Crippen LogP contribution in [0, 0.1) is 0 Å². The molecular formula is C17H23N5O2. The van der Waals surface area contributed by atoms with Crippen molar-refractivity contribution in [1.82, 2.24) is 25.4 Å². The van der Waals surface area contributed by atoms with E-state index in [1.54, 1.807) is 18.5 Å². The van der Waals surface area contributed by atoms with Gasteiger partial charge in [-0.1, -0.05) is 6.42 Å². The molecule has 0 saturated carbocycles. The number of aromatic nitrogens is 3. The van der Waals surface area contributed by atoms with E-state index in [0.717, 1.165) is 37.2 Å². The predicted molar refractivity (Wildman–Crippen MR) is 90.4 cm³/mol. The van der Waals surface area contributed by atoms with E-state index >= 15 is 0 Å². The largest absolute Gasteiger partial charge is 0.395 e. The Morgan fingerprint density at radius 3 is 3.00 bits per heavy atom. The molecule has 24 heavy (non-hydrogen) atoms. The molecule has 2 aromatic rings. The SMILES string of the molecule is O=C(NCCN1CCCCC1CO)c1cc(-c2ccncc2)n[nH]1. The summed E-state index contributed by atoms with van der Waals surface area (Å²) in [6.45, 7) is 2.47. The highest BCUT2D eigenvalue weighted by molar-refractivity contribution is 5.93. The summed E-state index contributed by atoms with van der Waals surface area (Å²) in [5.41, 5.74) is 2.08. The number of nitrogens with one attached hydrogen (secondary N) is 2. The van der Waals surface area contributed by atoms with Crippen molar-refractivity contribution >= 4 is 5.91 Å². The number of amides is 1. The van der Waals surface area contributed by atoms with Crippen LogP contribution in [-0.2, 0) is 0 Å². The van der Waals surface area contributed by atoms with Crippen molar-refractivity contribution in [2.24, 2.45) is 0 Å². The normalized spacial score (nSPS) is 18.5. The first-order valence-electron chi connectivity index (χ1n) is 8.37. The first-order chi connectivity index (χ1) is 11.8. The maximum absolute atomic E-state index is 12.2. The lowest BCUT2D eigenvalue weighted by Gasteiger charge is -2.34. The molecule has 1 unspecified atom stereocenters. The van der Waals surface area contributed by atoms with Crippen LogP contribution in [0.4, 0.5) is 0 Å². The molecule has 1 aliphatic heterocycles. The number of aliphatic hydroxyl groups is 1. The smallest absolute Gasteiger partial charge is 0.269 e. The summed E-state index contributed by atoms with van der Waals surface area (Å²) < 4.78 is 0. The molecule has 1 aliphatic rings. The zero-order valence-electron chi connectivity index (χ0n) is 13.6. The maximum Gasteiger partial charge on any atom is 0.269 e. The van der Waals surface area contributed by atoms with Crippen molar-refractivity contribution in [3.63, 3.8) is 0 Å². The van der Waals surface area contributed by atoms with Gasteiger partial charge >= 0.3 is 0 Å². The van der Waals surface area contributed by atoms with Gasteiger partial charge in [0, 0.05) is 37.1 Å². The number of piperidine rings is 1. The number of aromatic amines is 1. The van der Waals surface area contributed by atoms with E-state index in [9.17, 15) is 9.90 Å². The molecule has 3 N–H and O–H groups in total. The highest BCUT2D eigenvalue weighted by atomic mass is 16.3. The Labute approximate surface area is 141 Å². The highest BCUT2D eigenvalue weighted by Crippen LogP contribution is 2.17.